The van der Waals surface area contributed by atoms with Crippen molar-refractivity contribution in [3.63, 3.8) is 0 Å². The number of carboxylic acid groups (broad SMARTS) is 1. The predicted octanol–water partition coefficient (Wildman–Crippen LogP) is 3.11. The van der Waals surface area contributed by atoms with Gasteiger partial charge in [0.2, 0.25) is 0 Å². The van der Waals surface area contributed by atoms with E-state index in [2.05, 4.69) is 14.9 Å². The molecule has 3 aromatic heterocycles. The van der Waals surface area contributed by atoms with Crippen LogP contribution in [0.1, 0.15) is 32.9 Å². The summed E-state index contributed by atoms with van der Waals surface area (Å²) in [6.45, 7) is 1.68. The number of aryl methyl sites for hydroxylation is 1. The molecule has 0 unspecified atom stereocenters. The second-order valence-corrected chi connectivity index (χ2v) is 9.23. The number of hydrogen-bond donors (Lipinski definition) is 2. The zero-order valence-corrected chi connectivity index (χ0v) is 18.8. The topological polar surface area (TPSA) is 97.3 Å². The number of likely N-dealkylation sites (N-methyl/N-ethyl adjacent to an activating group) is 1. The van der Waals surface area contributed by atoms with Crippen LogP contribution in [-0.4, -0.2) is 57.2 Å². The van der Waals surface area contributed by atoms with Crippen LogP contribution in [0.3, 0.4) is 0 Å². The molecule has 5 rings (SSSR count). The molecule has 0 bridgehead atoms. The Bertz CT molecular complexity index is 1290. The zero-order valence-electron chi connectivity index (χ0n) is 18.8. The first kappa shape index (κ1) is 22.5. The van der Waals surface area contributed by atoms with Crippen LogP contribution in [0.5, 0.6) is 0 Å². The molecular weight excluding hydrogens is 447 g/mol. The van der Waals surface area contributed by atoms with Crippen LogP contribution in [0.4, 0.5) is 13.2 Å². The fourth-order valence-electron chi connectivity index (χ4n) is 5.58. The second-order valence-electron chi connectivity index (χ2n) is 9.23. The largest absolute Gasteiger partial charge is 0.478 e. The summed E-state index contributed by atoms with van der Waals surface area (Å²) in [6.07, 6.45) is -0.447. The number of likely N-dealkylation sites (tertiary alicyclic amines) is 1. The Hall–Kier alpha value is -3.24. The number of carboxylic acids is 1. The second kappa shape index (κ2) is 7.64. The van der Waals surface area contributed by atoms with Crippen molar-refractivity contribution in [1.29, 1.82) is 0 Å². The summed E-state index contributed by atoms with van der Waals surface area (Å²) in [7, 11) is 3.84. The number of pyridine rings is 2. The Morgan fingerprint density at radius 2 is 1.91 bits per heavy atom. The zero-order chi connectivity index (χ0) is 24.4. The molecule has 4 heterocycles. The van der Waals surface area contributed by atoms with E-state index in [0.29, 0.717) is 49.3 Å². The molecule has 3 aromatic rings. The monoisotopic (exact) mass is 471 g/mol. The number of rotatable bonds is 4. The van der Waals surface area contributed by atoms with E-state index >= 15 is 0 Å². The molecule has 0 saturated carbocycles. The van der Waals surface area contributed by atoms with Gasteiger partial charge in [0, 0.05) is 61.3 Å². The number of aromatic carboxylic acids is 1. The number of halogens is 3. The molecule has 7 nitrogen and oxygen atoms in total. The van der Waals surface area contributed by atoms with Gasteiger partial charge in [-0.3, -0.25) is 9.97 Å². The van der Waals surface area contributed by atoms with Crippen molar-refractivity contribution in [2.45, 2.75) is 24.4 Å². The summed E-state index contributed by atoms with van der Waals surface area (Å²) in [5.74, 6) is -0.973. The van der Waals surface area contributed by atoms with E-state index in [1.165, 1.54) is 6.07 Å². The first-order valence-corrected chi connectivity index (χ1v) is 10.9. The maximum absolute atomic E-state index is 12.9. The fraction of sp³-hybridized carbons (Fsp3) is 0.375. The van der Waals surface area contributed by atoms with Gasteiger partial charge in [-0.15, -0.1) is 0 Å². The lowest BCUT2D eigenvalue weighted by Gasteiger charge is -2.48. The fourth-order valence-corrected chi connectivity index (χ4v) is 5.58. The van der Waals surface area contributed by atoms with Gasteiger partial charge in [-0.1, -0.05) is 0 Å². The Morgan fingerprint density at radius 1 is 1.18 bits per heavy atom. The summed E-state index contributed by atoms with van der Waals surface area (Å²) < 4.78 is 40.7. The molecule has 0 aromatic carbocycles. The first-order chi connectivity index (χ1) is 16.1. The molecule has 10 heteroatoms. The number of nitrogens with zero attached hydrogens (tertiary/aromatic N) is 4. The minimum Gasteiger partial charge on any atom is -0.478 e. The normalized spacial score (nSPS) is 17.1. The maximum Gasteiger partial charge on any atom is 0.433 e. The third-order valence-corrected chi connectivity index (χ3v) is 6.98. The van der Waals surface area contributed by atoms with E-state index < -0.39 is 23.3 Å². The Kier molecular flexibility index (Phi) is 5.07. The molecule has 3 N–H and O–H groups in total. The van der Waals surface area contributed by atoms with Crippen LogP contribution in [0.2, 0.25) is 0 Å². The number of fused-ring (bicyclic) bond motifs is 3. The minimum absolute atomic E-state index is 0.316. The highest BCUT2D eigenvalue weighted by Crippen LogP contribution is 2.45. The molecule has 1 aliphatic heterocycles. The third-order valence-electron chi connectivity index (χ3n) is 6.98. The van der Waals surface area contributed by atoms with Crippen LogP contribution >= 0.6 is 0 Å². The Morgan fingerprint density at radius 3 is 2.47 bits per heavy atom. The Labute approximate surface area is 194 Å². The van der Waals surface area contributed by atoms with Crippen LogP contribution in [0.15, 0.2) is 30.6 Å². The summed E-state index contributed by atoms with van der Waals surface area (Å²) >= 11 is 0. The lowest BCUT2D eigenvalue weighted by molar-refractivity contribution is -0.141. The van der Waals surface area contributed by atoms with Gasteiger partial charge in [0.1, 0.15) is 5.69 Å². The van der Waals surface area contributed by atoms with Crippen LogP contribution in [-0.2, 0) is 31.5 Å². The third kappa shape index (κ3) is 3.32. The van der Waals surface area contributed by atoms with Gasteiger partial charge in [-0.25, -0.2) is 4.79 Å². The van der Waals surface area contributed by atoms with Crippen molar-refractivity contribution in [3.05, 3.63) is 58.7 Å². The van der Waals surface area contributed by atoms with Gasteiger partial charge in [0.25, 0.3) is 0 Å². The van der Waals surface area contributed by atoms with Gasteiger partial charge < -0.3 is 20.3 Å². The summed E-state index contributed by atoms with van der Waals surface area (Å²) in [4.78, 5) is 22.5. The van der Waals surface area contributed by atoms with Crippen molar-refractivity contribution in [2.75, 3.05) is 26.7 Å². The molecule has 178 valence electrons. The predicted molar refractivity (Wildman–Crippen MR) is 119 cm³/mol. The van der Waals surface area contributed by atoms with Gasteiger partial charge in [-0.2, -0.15) is 13.2 Å². The molecule has 1 saturated heterocycles. The maximum atomic E-state index is 12.9. The van der Waals surface area contributed by atoms with E-state index in [1.807, 2.05) is 24.7 Å². The van der Waals surface area contributed by atoms with Crippen LogP contribution in [0, 0.1) is 0 Å². The van der Waals surface area contributed by atoms with E-state index in [0.717, 1.165) is 40.3 Å². The van der Waals surface area contributed by atoms with Crippen LogP contribution in [0.25, 0.3) is 22.5 Å². The number of nitrogens with two attached hydrogens (primary N) is 1. The summed E-state index contributed by atoms with van der Waals surface area (Å²) in [5, 5.41) is 10.2. The molecule has 2 aliphatic rings. The number of alkyl halides is 3. The van der Waals surface area contributed by atoms with Gasteiger partial charge in [0.05, 0.1) is 17.0 Å². The molecule has 1 fully saturated rings. The average Bonchev–Trinajstić information content (AvgIpc) is 3.09. The lowest BCUT2D eigenvalue weighted by atomic mass is 9.75. The highest BCUT2D eigenvalue weighted by molar-refractivity contribution is 5.95. The number of carbonyl (C=O) groups is 1. The minimum atomic E-state index is -4.52. The number of hydrogen-bond acceptors (Lipinski definition) is 5. The van der Waals surface area contributed by atoms with Crippen molar-refractivity contribution < 1.29 is 23.1 Å². The highest BCUT2D eigenvalue weighted by atomic mass is 19.4. The van der Waals surface area contributed by atoms with E-state index in [1.54, 1.807) is 6.20 Å². The molecule has 0 atom stereocenters. The molecule has 0 spiro atoms. The van der Waals surface area contributed by atoms with Crippen LogP contribution < -0.4 is 5.73 Å². The van der Waals surface area contributed by atoms with Gasteiger partial charge in [-0.05, 0) is 49.2 Å². The van der Waals surface area contributed by atoms with Crippen molar-refractivity contribution in [2.24, 2.45) is 12.8 Å². The van der Waals surface area contributed by atoms with Crippen molar-refractivity contribution >= 4 is 5.97 Å². The summed E-state index contributed by atoms with van der Waals surface area (Å²) in [5.41, 5.74) is 10.1. The molecule has 1 aliphatic carbocycles. The first-order valence-electron chi connectivity index (χ1n) is 10.9. The average molecular weight is 471 g/mol. The SMILES string of the molecule is CN1CC(CN)(c2c(C(=O)O)c3c(n2C)-c2cc(-c4ccc(C(F)(F)F)nc4)ncc2CC3)C1. The van der Waals surface area contributed by atoms with E-state index in [9.17, 15) is 23.1 Å². The van der Waals surface area contributed by atoms with Gasteiger partial charge in [0.15, 0.2) is 0 Å². The van der Waals surface area contributed by atoms with Gasteiger partial charge >= 0.3 is 12.1 Å². The molecular formula is C24H24F3N5O2. The quantitative estimate of drug-likeness (QED) is 0.607. The number of aromatic nitrogens is 3. The van der Waals surface area contributed by atoms with E-state index in [4.69, 9.17) is 5.73 Å². The smallest absolute Gasteiger partial charge is 0.433 e. The van der Waals surface area contributed by atoms with Crippen molar-refractivity contribution in [3.8, 4) is 22.5 Å². The Balaban J connectivity index is 1.66. The lowest BCUT2D eigenvalue weighted by Crippen LogP contribution is -2.62. The molecule has 0 radical (unpaired) electrons. The molecule has 34 heavy (non-hydrogen) atoms. The van der Waals surface area contributed by atoms with E-state index in [-0.39, 0.29) is 0 Å². The van der Waals surface area contributed by atoms with Crippen molar-refractivity contribution in [1.82, 2.24) is 19.4 Å². The standard InChI is InChI=1S/C24H24F3N5O2/c1-31-11-23(10-28,12-31)21-19(22(33)34)15-5-3-13-8-29-17(7-16(13)20(15)32(21)2)14-4-6-18(30-9-14)24(25,26)27/h4,6-9H,3,5,10-12,28H2,1-2H3,(H,33,34). The summed E-state index contributed by atoms with van der Waals surface area (Å²) in [6, 6.07) is 4.10. The highest BCUT2D eigenvalue weighted by Gasteiger charge is 2.48. The molecule has 0 amide bonds.